The van der Waals surface area contributed by atoms with E-state index in [1.165, 1.54) is 13.1 Å². The number of aliphatic hydroxyl groups is 1. The van der Waals surface area contributed by atoms with Gasteiger partial charge in [0.05, 0.1) is 6.10 Å². The third-order valence-corrected chi connectivity index (χ3v) is 3.73. The highest BCUT2D eigenvalue weighted by atomic mass is 32.2. The molecule has 0 bridgehead atoms. The van der Waals surface area contributed by atoms with Crippen molar-refractivity contribution in [2.24, 2.45) is 0 Å². The second-order valence-corrected chi connectivity index (χ2v) is 5.49. The Morgan fingerprint density at radius 1 is 1.59 bits per heavy atom. The molecular formula is C10H13N3O3S. The fourth-order valence-electron chi connectivity index (χ4n) is 1.46. The molecule has 17 heavy (non-hydrogen) atoms. The van der Waals surface area contributed by atoms with Gasteiger partial charge in [0, 0.05) is 24.3 Å². The lowest BCUT2D eigenvalue weighted by Crippen LogP contribution is -2.30. The van der Waals surface area contributed by atoms with Crippen LogP contribution in [0.4, 0.5) is 0 Å². The predicted octanol–water partition coefficient (Wildman–Crippen LogP) is 0.222. The van der Waals surface area contributed by atoms with Gasteiger partial charge in [-0.2, -0.15) is 0 Å². The summed E-state index contributed by atoms with van der Waals surface area (Å²) in [5, 5.41) is 9.61. The summed E-state index contributed by atoms with van der Waals surface area (Å²) >= 11 is 0. The van der Waals surface area contributed by atoms with E-state index in [1.807, 2.05) is 0 Å². The maximum Gasteiger partial charge on any atom is 0.242 e. The molecule has 0 amide bonds. The summed E-state index contributed by atoms with van der Waals surface area (Å²) in [5.74, 6) is 0. The first-order valence-electron chi connectivity index (χ1n) is 5.10. The average Bonchev–Trinajstić information content (AvgIpc) is 2.71. The van der Waals surface area contributed by atoms with Crippen LogP contribution in [0.15, 0.2) is 29.4 Å². The highest BCUT2D eigenvalue weighted by Gasteiger charge is 2.19. The lowest BCUT2D eigenvalue weighted by Gasteiger charge is -2.07. The molecule has 2 heterocycles. The molecule has 1 atom stereocenters. The second kappa shape index (κ2) is 4.44. The number of aliphatic hydroxyl groups excluding tert-OH is 1. The van der Waals surface area contributed by atoms with Crippen molar-refractivity contribution < 1.29 is 13.5 Å². The van der Waals surface area contributed by atoms with E-state index in [2.05, 4.69) is 14.7 Å². The molecule has 0 fully saturated rings. The van der Waals surface area contributed by atoms with E-state index in [-0.39, 0.29) is 11.4 Å². The van der Waals surface area contributed by atoms with Crippen molar-refractivity contribution in [2.45, 2.75) is 17.9 Å². The van der Waals surface area contributed by atoms with Crippen molar-refractivity contribution >= 4 is 21.1 Å². The maximum absolute atomic E-state index is 11.9. The van der Waals surface area contributed by atoms with Crippen LogP contribution in [0.1, 0.15) is 6.92 Å². The molecular weight excluding hydrogens is 242 g/mol. The maximum atomic E-state index is 11.9. The van der Waals surface area contributed by atoms with Crippen LogP contribution in [-0.4, -0.2) is 36.1 Å². The Balaban J connectivity index is 2.39. The molecule has 0 spiro atoms. The lowest BCUT2D eigenvalue weighted by atomic mass is 10.3. The van der Waals surface area contributed by atoms with Gasteiger partial charge in [-0.3, -0.25) is 0 Å². The smallest absolute Gasteiger partial charge is 0.242 e. The number of nitrogens with zero attached hydrogens (tertiary/aromatic N) is 1. The summed E-state index contributed by atoms with van der Waals surface area (Å²) in [6, 6.07) is 3.35. The van der Waals surface area contributed by atoms with Gasteiger partial charge in [-0.15, -0.1) is 0 Å². The van der Waals surface area contributed by atoms with Crippen LogP contribution in [0.2, 0.25) is 0 Å². The molecule has 0 aliphatic carbocycles. The van der Waals surface area contributed by atoms with Crippen LogP contribution in [0.25, 0.3) is 11.0 Å². The number of aromatic nitrogens is 2. The molecule has 0 aromatic carbocycles. The van der Waals surface area contributed by atoms with E-state index in [1.54, 1.807) is 18.3 Å². The fraction of sp³-hybridized carbons (Fsp3) is 0.300. The van der Waals surface area contributed by atoms with Gasteiger partial charge in [0.1, 0.15) is 10.5 Å². The minimum absolute atomic E-state index is 0.0186. The number of pyridine rings is 1. The van der Waals surface area contributed by atoms with Crippen LogP contribution < -0.4 is 4.72 Å². The van der Waals surface area contributed by atoms with Crippen LogP contribution >= 0.6 is 0 Å². The zero-order chi connectivity index (χ0) is 12.5. The van der Waals surface area contributed by atoms with Crippen molar-refractivity contribution in [3.05, 3.63) is 24.5 Å². The average molecular weight is 255 g/mol. The minimum atomic E-state index is -3.62. The number of rotatable bonds is 4. The quantitative estimate of drug-likeness (QED) is 0.728. The second-order valence-electron chi connectivity index (χ2n) is 3.75. The van der Waals surface area contributed by atoms with E-state index < -0.39 is 16.1 Å². The Labute approximate surface area is 98.7 Å². The Morgan fingerprint density at radius 2 is 2.35 bits per heavy atom. The fourth-order valence-corrected chi connectivity index (χ4v) is 2.75. The van der Waals surface area contributed by atoms with E-state index in [0.717, 1.165) is 0 Å². The minimum Gasteiger partial charge on any atom is -0.392 e. The molecule has 0 saturated carbocycles. The number of aromatic amines is 1. The Bertz CT molecular complexity index is 619. The number of nitrogens with one attached hydrogen (secondary N) is 2. The summed E-state index contributed by atoms with van der Waals surface area (Å²) in [6.07, 6.45) is 2.24. The zero-order valence-electron chi connectivity index (χ0n) is 9.21. The van der Waals surface area contributed by atoms with Gasteiger partial charge in [0.25, 0.3) is 0 Å². The third kappa shape index (κ3) is 2.46. The largest absolute Gasteiger partial charge is 0.392 e. The normalized spacial score (nSPS) is 14.0. The molecule has 92 valence electrons. The highest BCUT2D eigenvalue weighted by Crippen LogP contribution is 2.20. The van der Waals surface area contributed by atoms with E-state index >= 15 is 0 Å². The van der Waals surface area contributed by atoms with Crippen molar-refractivity contribution in [2.75, 3.05) is 6.54 Å². The van der Waals surface area contributed by atoms with Crippen LogP contribution in [-0.2, 0) is 10.0 Å². The monoisotopic (exact) mass is 255 g/mol. The van der Waals surface area contributed by atoms with Crippen LogP contribution in [0, 0.1) is 0 Å². The molecule has 6 nitrogen and oxygen atoms in total. The molecule has 0 aliphatic rings. The Hall–Kier alpha value is -1.44. The van der Waals surface area contributed by atoms with Gasteiger partial charge < -0.3 is 10.1 Å². The molecule has 0 aliphatic heterocycles. The van der Waals surface area contributed by atoms with Gasteiger partial charge in [-0.05, 0) is 19.1 Å². The number of fused-ring (bicyclic) bond motifs is 1. The van der Waals surface area contributed by atoms with E-state index in [4.69, 9.17) is 5.11 Å². The van der Waals surface area contributed by atoms with Crippen molar-refractivity contribution in [3.63, 3.8) is 0 Å². The molecule has 2 rings (SSSR count). The number of hydrogen-bond donors (Lipinski definition) is 3. The summed E-state index contributed by atoms with van der Waals surface area (Å²) in [5.41, 5.74) is 0.518. The third-order valence-electron chi connectivity index (χ3n) is 2.27. The van der Waals surface area contributed by atoms with Gasteiger partial charge >= 0.3 is 0 Å². The van der Waals surface area contributed by atoms with Gasteiger partial charge in [0.15, 0.2) is 0 Å². The lowest BCUT2D eigenvalue weighted by molar-refractivity contribution is 0.198. The van der Waals surface area contributed by atoms with Gasteiger partial charge in [-0.25, -0.2) is 18.1 Å². The summed E-state index contributed by atoms with van der Waals surface area (Å²) in [6.45, 7) is 1.49. The van der Waals surface area contributed by atoms with Gasteiger partial charge in [0.2, 0.25) is 10.0 Å². The molecule has 0 saturated heterocycles. The summed E-state index contributed by atoms with van der Waals surface area (Å²) in [4.78, 5) is 6.94. The number of hydrogen-bond acceptors (Lipinski definition) is 4. The Kier molecular flexibility index (Phi) is 3.14. The molecule has 0 radical (unpaired) electrons. The van der Waals surface area contributed by atoms with E-state index in [0.29, 0.717) is 11.0 Å². The Morgan fingerprint density at radius 3 is 3.06 bits per heavy atom. The number of H-pyrrole nitrogens is 1. The number of sulfonamides is 1. The van der Waals surface area contributed by atoms with Gasteiger partial charge in [-0.1, -0.05) is 0 Å². The molecule has 2 aromatic rings. The highest BCUT2D eigenvalue weighted by molar-refractivity contribution is 7.89. The predicted molar refractivity (Wildman–Crippen MR) is 63.0 cm³/mol. The molecule has 3 N–H and O–H groups in total. The SMILES string of the molecule is CC(O)CNS(=O)(=O)c1c[nH]c2ncccc12. The molecule has 2 aromatic heterocycles. The first-order chi connectivity index (χ1) is 8.00. The van der Waals surface area contributed by atoms with Crippen LogP contribution in [0.3, 0.4) is 0 Å². The standard InChI is InChI=1S/C10H13N3O3S/c1-7(14)5-13-17(15,16)9-6-12-10-8(9)3-2-4-11-10/h2-4,6-7,13-14H,5H2,1H3,(H,11,12). The van der Waals surface area contributed by atoms with E-state index in [9.17, 15) is 8.42 Å². The van der Waals surface area contributed by atoms with Crippen molar-refractivity contribution in [1.82, 2.24) is 14.7 Å². The zero-order valence-corrected chi connectivity index (χ0v) is 10.0. The first-order valence-corrected chi connectivity index (χ1v) is 6.59. The molecule has 1 unspecified atom stereocenters. The topological polar surface area (TPSA) is 95.1 Å². The summed E-state index contributed by atoms with van der Waals surface area (Å²) < 4.78 is 26.2. The molecule has 7 heteroatoms. The summed E-state index contributed by atoms with van der Waals surface area (Å²) in [7, 11) is -3.62. The van der Waals surface area contributed by atoms with Crippen molar-refractivity contribution in [1.29, 1.82) is 0 Å². The van der Waals surface area contributed by atoms with Crippen molar-refractivity contribution in [3.8, 4) is 0 Å². The van der Waals surface area contributed by atoms with Crippen LogP contribution in [0.5, 0.6) is 0 Å². The first kappa shape index (κ1) is 12.0.